The molecule has 0 bridgehead atoms. The Morgan fingerprint density at radius 2 is 1.75 bits per heavy atom. The smallest absolute Gasteiger partial charge is 0.378 e. The zero-order valence-electron chi connectivity index (χ0n) is 5.99. The van der Waals surface area contributed by atoms with Gasteiger partial charge in [-0.15, -0.1) is 0 Å². The Kier molecular flexibility index (Phi) is 2.99. The van der Waals surface area contributed by atoms with Gasteiger partial charge in [-0.25, -0.2) is 4.79 Å². The summed E-state index contributed by atoms with van der Waals surface area (Å²) in [7, 11) is 0. The maximum absolute atomic E-state index is 11.1. The lowest BCUT2D eigenvalue weighted by Gasteiger charge is -1.94. The standard InChI is InChI=1S/C8H5BrO3/c9-12-8(11)7(10)6-4-2-1-3-5-6/h1-5H. The van der Waals surface area contributed by atoms with Crippen molar-refractivity contribution in [2.24, 2.45) is 0 Å². The van der Waals surface area contributed by atoms with Crippen LogP contribution in [0.4, 0.5) is 0 Å². The first-order valence-electron chi connectivity index (χ1n) is 3.18. The molecule has 12 heavy (non-hydrogen) atoms. The first-order chi connectivity index (χ1) is 5.75. The monoisotopic (exact) mass is 228 g/mol. The summed E-state index contributed by atoms with van der Waals surface area (Å²) in [6.45, 7) is 0. The van der Waals surface area contributed by atoms with Gasteiger partial charge in [-0.05, 0) is 0 Å². The number of rotatable bonds is 2. The topological polar surface area (TPSA) is 43.4 Å². The summed E-state index contributed by atoms with van der Waals surface area (Å²) in [5, 5.41) is 0. The summed E-state index contributed by atoms with van der Waals surface area (Å²) >= 11 is 2.44. The van der Waals surface area contributed by atoms with Crippen molar-refractivity contribution in [1.82, 2.24) is 0 Å². The molecule has 0 aromatic heterocycles. The van der Waals surface area contributed by atoms with Crippen LogP contribution in [0, 0.1) is 0 Å². The molecule has 0 aliphatic carbocycles. The van der Waals surface area contributed by atoms with E-state index in [1.807, 2.05) is 0 Å². The van der Waals surface area contributed by atoms with Crippen LogP contribution in [-0.2, 0) is 8.62 Å². The molecular formula is C8H5BrO3. The molecule has 0 amide bonds. The minimum atomic E-state index is -0.916. The normalized spacial score (nSPS) is 9.08. The molecule has 1 rings (SSSR count). The van der Waals surface area contributed by atoms with Gasteiger partial charge in [-0.1, -0.05) is 30.3 Å². The van der Waals surface area contributed by atoms with Crippen LogP contribution in [0.3, 0.4) is 0 Å². The molecule has 0 spiro atoms. The number of carbonyl (C=O) groups is 2. The number of hydrogen-bond donors (Lipinski definition) is 0. The van der Waals surface area contributed by atoms with Crippen molar-refractivity contribution in [3.05, 3.63) is 35.9 Å². The zero-order valence-corrected chi connectivity index (χ0v) is 7.58. The average molecular weight is 229 g/mol. The van der Waals surface area contributed by atoms with Crippen molar-refractivity contribution in [2.45, 2.75) is 0 Å². The maximum atomic E-state index is 11.1. The van der Waals surface area contributed by atoms with Gasteiger partial charge in [0.05, 0.1) is 0 Å². The Morgan fingerprint density at radius 1 is 1.17 bits per heavy atom. The first kappa shape index (κ1) is 8.93. The summed E-state index contributed by atoms with van der Waals surface area (Å²) in [4.78, 5) is 21.8. The van der Waals surface area contributed by atoms with E-state index in [2.05, 4.69) is 20.1 Å². The molecule has 0 saturated carbocycles. The molecule has 4 heteroatoms. The van der Waals surface area contributed by atoms with Gasteiger partial charge in [0, 0.05) is 5.56 Å². The number of hydrogen-bond acceptors (Lipinski definition) is 3. The summed E-state index contributed by atoms with van der Waals surface area (Å²) in [6, 6.07) is 8.21. The van der Waals surface area contributed by atoms with Crippen molar-refractivity contribution in [1.29, 1.82) is 0 Å². The van der Waals surface area contributed by atoms with Crippen molar-refractivity contribution < 1.29 is 13.4 Å². The van der Waals surface area contributed by atoms with E-state index in [1.54, 1.807) is 30.3 Å². The van der Waals surface area contributed by atoms with Crippen LogP contribution in [0.25, 0.3) is 0 Å². The van der Waals surface area contributed by atoms with Gasteiger partial charge < -0.3 is 3.83 Å². The van der Waals surface area contributed by atoms with Crippen LogP contribution in [0.15, 0.2) is 30.3 Å². The molecule has 0 saturated heterocycles. The summed E-state index contributed by atoms with van der Waals surface area (Å²) in [5.74, 6) is -1.58. The minimum Gasteiger partial charge on any atom is -0.378 e. The molecule has 0 N–H and O–H groups in total. The van der Waals surface area contributed by atoms with Gasteiger partial charge in [0.25, 0.3) is 5.78 Å². The second-order valence-electron chi connectivity index (χ2n) is 2.06. The van der Waals surface area contributed by atoms with Gasteiger partial charge in [-0.3, -0.25) is 4.79 Å². The quantitative estimate of drug-likeness (QED) is 0.572. The van der Waals surface area contributed by atoms with E-state index in [9.17, 15) is 9.59 Å². The van der Waals surface area contributed by atoms with Crippen LogP contribution < -0.4 is 0 Å². The highest BCUT2D eigenvalue weighted by Gasteiger charge is 2.16. The van der Waals surface area contributed by atoms with E-state index < -0.39 is 11.8 Å². The Bertz CT molecular complexity index is 294. The fourth-order valence-corrected chi connectivity index (χ4v) is 0.889. The molecule has 0 unspecified atom stereocenters. The van der Waals surface area contributed by atoms with E-state index in [-0.39, 0.29) is 0 Å². The Morgan fingerprint density at radius 3 is 2.25 bits per heavy atom. The second kappa shape index (κ2) is 4.01. The lowest BCUT2D eigenvalue weighted by atomic mass is 10.1. The molecule has 0 fully saturated rings. The maximum Gasteiger partial charge on any atom is 0.391 e. The zero-order chi connectivity index (χ0) is 8.97. The fourth-order valence-electron chi connectivity index (χ4n) is 0.742. The third kappa shape index (κ3) is 1.92. The third-order valence-electron chi connectivity index (χ3n) is 1.29. The lowest BCUT2D eigenvalue weighted by molar-refractivity contribution is -0.127. The highest BCUT2D eigenvalue weighted by atomic mass is 79.9. The summed E-state index contributed by atoms with van der Waals surface area (Å²) < 4.78 is 4.09. The number of carbonyl (C=O) groups excluding carboxylic acids is 2. The van der Waals surface area contributed by atoms with Crippen LogP contribution in [0.5, 0.6) is 0 Å². The second-order valence-corrected chi connectivity index (χ2v) is 2.38. The SMILES string of the molecule is O=C(OBr)C(=O)c1ccccc1. The lowest BCUT2D eigenvalue weighted by Crippen LogP contribution is -2.13. The van der Waals surface area contributed by atoms with E-state index in [0.29, 0.717) is 5.56 Å². The van der Waals surface area contributed by atoms with Crippen molar-refractivity contribution in [3.63, 3.8) is 0 Å². The van der Waals surface area contributed by atoms with Crippen LogP contribution >= 0.6 is 16.3 Å². The highest BCUT2D eigenvalue weighted by Crippen LogP contribution is 2.02. The van der Waals surface area contributed by atoms with Crippen LogP contribution in [0.1, 0.15) is 10.4 Å². The van der Waals surface area contributed by atoms with Crippen molar-refractivity contribution >= 4 is 28.0 Å². The van der Waals surface area contributed by atoms with Crippen molar-refractivity contribution in [2.75, 3.05) is 0 Å². The van der Waals surface area contributed by atoms with Gasteiger partial charge in [0.1, 0.15) is 0 Å². The fraction of sp³-hybridized carbons (Fsp3) is 0. The minimum absolute atomic E-state index is 0.321. The van der Waals surface area contributed by atoms with E-state index >= 15 is 0 Å². The third-order valence-corrected chi connectivity index (χ3v) is 1.59. The van der Waals surface area contributed by atoms with Crippen molar-refractivity contribution in [3.8, 4) is 0 Å². The Balaban J connectivity index is 2.86. The van der Waals surface area contributed by atoms with E-state index in [0.717, 1.165) is 0 Å². The molecule has 3 nitrogen and oxygen atoms in total. The molecule has 0 heterocycles. The first-order valence-corrected chi connectivity index (χ1v) is 3.82. The highest BCUT2D eigenvalue weighted by molar-refractivity contribution is 9.06. The predicted octanol–water partition coefficient (Wildman–Crippen LogP) is 1.72. The number of halogens is 1. The van der Waals surface area contributed by atoms with E-state index in [1.165, 1.54) is 0 Å². The van der Waals surface area contributed by atoms with Crippen LogP contribution in [0.2, 0.25) is 0 Å². The summed E-state index contributed by atoms with van der Waals surface area (Å²) in [6.07, 6.45) is 0. The Hall–Kier alpha value is -1.16. The van der Waals surface area contributed by atoms with Gasteiger partial charge in [0.15, 0.2) is 16.3 Å². The van der Waals surface area contributed by atoms with Gasteiger partial charge in [0.2, 0.25) is 0 Å². The van der Waals surface area contributed by atoms with Crippen LogP contribution in [-0.4, -0.2) is 11.8 Å². The molecule has 0 aliphatic heterocycles. The Labute approximate surface area is 77.8 Å². The molecular weight excluding hydrogens is 224 g/mol. The largest absolute Gasteiger partial charge is 0.391 e. The van der Waals surface area contributed by atoms with Gasteiger partial charge in [-0.2, -0.15) is 0 Å². The molecule has 1 aromatic carbocycles. The average Bonchev–Trinajstić information content (AvgIpc) is 2.17. The van der Waals surface area contributed by atoms with E-state index in [4.69, 9.17) is 0 Å². The number of Topliss-reactive ketones (excluding diaryl/α,β-unsaturated/α-hetero) is 1. The predicted molar refractivity (Wildman–Crippen MR) is 45.8 cm³/mol. The molecule has 0 radical (unpaired) electrons. The molecule has 62 valence electrons. The number of benzene rings is 1. The van der Waals surface area contributed by atoms with Gasteiger partial charge >= 0.3 is 5.97 Å². The molecule has 0 aliphatic rings. The molecule has 1 aromatic rings. The summed E-state index contributed by atoms with van der Waals surface area (Å²) in [5.41, 5.74) is 0.321. The number of ketones is 1. The molecule has 0 atom stereocenters.